The first kappa shape index (κ1) is 8.24. The number of rotatable bonds is 2. The molecule has 0 aliphatic carbocycles. The van der Waals surface area contributed by atoms with Crippen molar-refractivity contribution in [1.82, 2.24) is 5.43 Å². The summed E-state index contributed by atoms with van der Waals surface area (Å²) in [6, 6.07) is 8.57. The van der Waals surface area contributed by atoms with Crippen LogP contribution in [0.3, 0.4) is 0 Å². The fourth-order valence-corrected chi connectivity index (χ4v) is 0.951. The van der Waals surface area contributed by atoms with Crippen LogP contribution in [0, 0.1) is 6.92 Å². The monoisotopic (exact) mass is 150 g/mol. The van der Waals surface area contributed by atoms with E-state index in [2.05, 4.69) is 36.6 Å². The molecule has 1 atom stereocenters. The van der Waals surface area contributed by atoms with Crippen LogP contribution in [0.1, 0.15) is 24.1 Å². The van der Waals surface area contributed by atoms with Gasteiger partial charge in [0.1, 0.15) is 0 Å². The van der Waals surface area contributed by atoms with Crippen molar-refractivity contribution in [2.75, 3.05) is 0 Å². The van der Waals surface area contributed by atoms with E-state index in [9.17, 15) is 0 Å². The quantitative estimate of drug-likeness (QED) is 0.495. The van der Waals surface area contributed by atoms with Gasteiger partial charge in [-0.05, 0) is 19.4 Å². The predicted molar refractivity (Wildman–Crippen MR) is 46.9 cm³/mol. The van der Waals surface area contributed by atoms with Gasteiger partial charge in [0.05, 0.1) is 0 Å². The molecule has 0 saturated carbocycles. The summed E-state index contributed by atoms with van der Waals surface area (Å²) in [5, 5.41) is 0. The summed E-state index contributed by atoms with van der Waals surface area (Å²) in [6.07, 6.45) is 0. The fraction of sp³-hybridized carbons (Fsp3) is 0.333. The zero-order valence-corrected chi connectivity index (χ0v) is 6.96. The molecule has 1 aromatic carbocycles. The Kier molecular flexibility index (Phi) is 2.63. The maximum absolute atomic E-state index is 5.29. The van der Waals surface area contributed by atoms with Gasteiger partial charge in [-0.25, -0.2) is 0 Å². The Morgan fingerprint density at radius 3 is 2.27 bits per heavy atom. The van der Waals surface area contributed by atoms with Gasteiger partial charge in [0.15, 0.2) is 0 Å². The lowest BCUT2D eigenvalue weighted by Gasteiger charge is -2.09. The largest absolute Gasteiger partial charge is 0.271 e. The molecule has 0 amide bonds. The van der Waals surface area contributed by atoms with Crippen LogP contribution in [0.25, 0.3) is 0 Å². The van der Waals surface area contributed by atoms with E-state index in [0.29, 0.717) is 0 Å². The fourth-order valence-electron chi connectivity index (χ4n) is 0.951. The van der Waals surface area contributed by atoms with Gasteiger partial charge >= 0.3 is 0 Å². The van der Waals surface area contributed by atoms with Gasteiger partial charge in [0, 0.05) is 6.04 Å². The van der Waals surface area contributed by atoms with Crippen LogP contribution in [-0.2, 0) is 0 Å². The first-order chi connectivity index (χ1) is 5.24. The van der Waals surface area contributed by atoms with Crippen molar-refractivity contribution in [2.24, 2.45) is 5.84 Å². The Morgan fingerprint density at radius 1 is 1.27 bits per heavy atom. The zero-order chi connectivity index (χ0) is 8.27. The molecule has 1 aromatic rings. The number of benzene rings is 1. The molecule has 0 fully saturated rings. The summed E-state index contributed by atoms with van der Waals surface area (Å²) >= 11 is 0. The third-order valence-corrected chi connectivity index (χ3v) is 1.83. The van der Waals surface area contributed by atoms with Crippen molar-refractivity contribution in [3.63, 3.8) is 0 Å². The molecule has 0 spiro atoms. The topological polar surface area (TPSA) is 38.0 Å². The maximum atomic E-state index is 5.29. The van der Waals surface area contributed by atoms with Crippen LogP contribution >= 0.6 is 0 Å². The van der Waals surface area contributed by atoms with E-state index in [1.807, 2.05) is 6.92 Å². The minimum Gasteiger partial charge on any atom is -0.271 e. The van der Waals surface area contributed by atoms with Crippen molar-refractivity contribution in [3.05, 3.63) is 35.4 Å². The molecule has 3 N–H and O–H groups in total. The number of hydrazine groups is 1. The average Bonchev–Trinajstić information content (AvgIpc) is 2.05. The van der Waals surface area contributed by atoms with Crippen LogP contribution < -0.4 is 11.3 Å². The van der Waals surface area contributed by atoms with E-state index in [1.54, 1.807) is 0 Å². The molecule has 11 heavy (non-hydrogen) atoms. The van der Waals surface area contributed by atoms with E-state index >= 15 is 0 Å². The van der Waals surface area contributed by atoms with Crippen molar-refractivity contribution in [3.8, 4) is 0 Å². The summed E-state index contributed by atoms with van der Waals surface area (Å²) in [5.41, 5.74) is 5.20. The highest BCUT2D eigenvalue weighted by molar-refractivity contribution is 5.23. The lowest BCUT2D eigenvalue weighted by atomic mass is 10.1. The summed E-state index contributed by atoms with van der Waals surface area (Å²) in [7, 11) is 0. The Labute approximate surface area is 67.4 Å². The Balaban J connectivity index is 2.81. The Bertz CT molecular complexity index is 216. The van der Waals surface area contributed by atoms with E-state index in [0.717, 1.165) is 0 Å². The predicted octanol–water partition coefficient (Wildman–Crippen LogP) is 1.52. The first-order valence-corrected chi connectivity index (χ1v) is 3.76. The second kappa shape index (κ2) is 3.51. The molecule has 0 bridgehead atoms. The summed E-state index contributed by atoms with van der Waals surface area (Å²) in [5.74, 6) is 5.29. The normalized spacial score (nSPS) is 13.0. The lowest BCUT2D eigenvalue weighted by molar-refractivity contribution is 0.602. The molecular weight excluding hydrogens is 136 g/mol. The molecule has 2 heteroatoms. The van der Waals surface area contributed by atoms with Crippen LogP contribution in [0.2, 0.25) is 0 Å². The summed E-state index contributed by atoms with van der Waals surface area (Å²) in [6.45, 7) is 4.11. The molecule has 0 aromatic heterocycles. The highest BCUT2D eigenvalue weighted by Gasteiger charge is 1.99. The van der Waals surface area contributed by atoms with E-state index in [1.165, 1.54) is 11.1 Å². The number of nitrogens with two attached hydrogens (primary N) is 1. The van der Waals surface area contributed by atoms with Gasteiger partial charge in [-0.1, -0.05) is 29.8 Å². The third kappa shape index (κ3) is 2.03. The lowest BCUT2D eigenvalue weighted by Crippen LogP contribution is -2.25. The number of aryl methyl sites for hydroxylation is 1. The van der Waals surface area contributed by atoms with Gasteiger partial charge in [0.25, 0.3) is 0 Å². The molecular formula is C9H14N2. The molecule has 0 unspecified atom stereocenters. The first-order valence-electron chi connectivity index (χ1n) is 3.76. The Hall–Kier alpha value is -0.860. The van der Waals surface area contributed by atoms with Crippen molar-refractivity contribution < 1.29 is 0 Å². The Morgan fingerprint density at radius 2 is 1.82 bits per heavy atom. The molecule has 60 valence electrons. The van der Waals surface area contributed by atoms with Gasteiger partial charge in [-0.3, -0.25) is 11.3 Å². The van der Waals surface area contributed by atoms with Crippen molar-refractivity contribution in [2.45, 2.75) is 19.9 Å². The number of hydrogen-bond donors (Lipinski definition) is 2. The molecule has 1 rings (SSSR count). The average molecular weight is 150 g/mol. The molecule has 0 saturated heterocycles. The standard InChI is InChI=1S/C9H14N2/c1-7-3-5-9(6-4-7)8(2)11-10/h3-6,8,11H,10H2,1-2H3/t8-/m1/s1. The smallest absolute Gasteiger partial charge is 0.0431 e. The van der Waals surface area contributed by atoms with Gasteiger partial charge in [-0.15, -0.1) is 0 Å². The molecule has 0 radical (unpaired) electrons. The summed E-state index contributed by atoms with van der Waals surface area (Å²) < 4.78 is 0. The van der Waals surface area contributed by atoms with Crippen molar-refractivity contribution >= 4 is 0 Å². The highest BCUT2D eigenvalue weighted by Crippen LogP contribution is 2.11. The van der Waals surface area contributed by atoms with Gasteiger partial charge in [-0.2, -0.15) is 0 Å². The van der Waals surface area contributed by atoms with Crippen LogP contribution in [-0.4, -0.2) is 0 Å². The molecule has 0 aliphatic rings. The third-order valence-electron chi connectivity index (χ3n) is 1.83. The van der Waals surface area contributed by atoms with E-state index in [-0.39, 0.29) is 6.04 Å². The minimum absolute atomic E-state index is 0.232. The molecule has 0 heterocycles. The zero-order valence-electron chi connectivity index (χ0n) is 6.96. The molecule has 0 aliphatic heterocycles. The summed E-state index contributed by atoms with van der Waals surface area (Å²) in [4.78, 5) is 0. The van der Waals surface area contributed by atoms with Gasteiger partial charge < -0.3 is 0 Å². The minimum atomic E-state index is 0.232. The van der Waals surface area contributed by atoms with Crippen LogP contribution in [0.4, 0.5) is 0 Å². The number of hydrogen-bond acceptors (Lipinski definition) is 2. The van der Waals surface area contributed by atoms with Gasteiger partial charge in [0.2, 0.25) is 0 Å². The van der Waals surface area contributed by atoms with E-state index < -0.39 is 0 Å². The van der Waals surface area contributed by atoms with Crippen LogP contribution in [0.5, 0.6) is 0 Å². The maximum Gasteiger partial charge on any atom is 0.0431 e. The molecule has 2 nitrogen and oxygen atoms in total. The second-order valence-corrected chi connectivity index (χ2v) is 2.80. The van der Waals surface area contributed by atoms with Crippen molar-refractivity contribution in [1.29, 1.82) is 0 Å². The second-order valence-electron chi connectivity index (χ2n) is 2.80. The van der Waals surface area contributed by atoms with E-state index in [4.69, 9.17) is 5.84 Å². The van der Waals surface area contributed by atoms with Crippen LogP contribution in [0.15, 0.2) is 24.3 Å². The number of nitrogens with one attached hydrogen (secondary N) is 1. The highest BCUT2D eigenvalue weighted by atomic mass is 15.2. The SMILES string of the molecule is Cc1ccc([C@@H](C)NN)cc1.